The SMILES string of the molecule is O=C(NCCN1CCN(c2nc3c(-c4ccccc4)cccc3o2)CC1)c1ccc(F)cc1. The first-order chi connectivity index (χ1) is 16.2. The van der Waals surface area contributed by atoms with Crippen molar-refractivity contribution in [3.05, 3.63) is 84.2 Å². The van der Waals surface area contributed by atoms with Crippen molar-refractivity contribution in [1.29, 1.82) is 0 Å². The first-order valence-corrected chi connectivity index (χ1v) is 11.1. The minimum absolute atomic E-state index is 0.186. The molecule has 1 aliphatic rings. The number of hydrogen-bond donors (Lipinski definition) is 1. The third-order valence-electron chi connectivity index (χ3n) is 5.96. The highest BCUT2D eigenvalue weighted by Crippen LogP contribution is 2.31. The van der Waals surface area contributed by atoms with Crippen LogP contribution in [0.2, 0.25) is 0 Å². The van der Waals surface area contributed by atoms with Gasteiger partial charge in [0.15, 0.2) is 5.58 Å². The number of anilines is 1. The standard InChI is InChI=1S/C26H25FN4O2/c27-21-11-9-20(10-12-21)25(32)28-13-14-30-15-17-31(18-16-30)26-29-24-22(7-4-8-23(24)33-26)19-5-2-1-3-6-19/h1-12H,13-18H2,(H,28,32). The summed E-state index contributed by atoms with van der Waals surface area (Å²) in [7, 11) is 0. The molecule has 1 amide bonds. The van der Waals surface area contributed by atoms with Gasteiger partial charge in [-0.05, 0) is 35.9 Å². The largest absolute Gasteiger partial charge is 0.423 e. The normalized spacial score (nSPS) is 14.5. The predicted molar refractivity (Wildman–Crippen MR) is 127 cm³/mol. The molecule has 0 atom stereocenters. The Hall–Kier alpha value is -3.71. The highest BCUT2D eigenvalue weighted by molar-refractivity contribution is 5.94. The molecule has 0 radical (unpaired) electrons. The van der Waals surface area contributed by atoms with Crippen LogP contribution in [0.15, 0.2) is 77.2 Å². The summed E-state index contributed by atoms with van der Waals surface area (Å²) in [6.07, 6.45) is 0. The van der Waals surface area contributed by atoms with Gasteiger partial charge in [0.1, 0.15) is 11.3 Å². The van der Waals surface area contributed by atoms with Crippen LogP contribution >= 0.6 is 0 Å². The maximum Gasteiger partial charge on any atom is 0.298 e. The summed E-state index contributed by atoms with van der Waals surface area (Å²) >= 11 is 0. The highest BCUT2D eigenvalue weighted by Gasteiger charge is 2.22. The minimum Gasteiger partial charge on any atom is -0.423 e. The van der Waals surface area contributed by atoms with E-state index in [1.165, 1.54) is 24.3 Å². The van der Waals surface area contributed by atoms with Crippen molar-refractivity contribution in [3.63, 3.8) is 0 Å². The fraction of sp³-hybridized carbons (Fsp3) is 0.231. The van der Waals surface area contributed by atoms with Gasteiger partial charge in [-0.3, -0.25) is 9.69 Å². The van der Waals surface area contributed by atoms with Crippen LogP contribution in [0.3, 0.4) is 0 Å². The van der Waals surface area contributed by atoms with Gasteiger partial charge in [-0.2, -0.15) is 4.98 Å². The van der Waals surface area contributed by atoms with Gasteiger partial charge in [0.25, 0.3) is 11.9 Å². The molecule has 168 valence electrons. The van der Waals surface area contributed by atoms with Crippen LogP contribution in [0, 0.1) is 5.82 Å². The topological polar surface area (TPSA) is 61.6 Å². The Morgan fingerprint density at radius 2 is 1.70 bits per heavy atom. The average Bonchev–Trinajstić information content (AvgIpc) is 3.30. The first kappa shape index (κ1) is 21.2. The van der Waals surface area contributed by atoms with Crippen LogP contribution in [0.1, 0.15) is 10.4 Å². The van der Waals surface area contributed by atoms with Crippen LogP contribution in [0.4, 0.5) is 10.4 Å². The number of hydrogen-bond acceptors (Lipinski definition) is 5. The third-order valence-corrected chi connectivity index (χ3v) is 5.96. The number of carbonyl (C=O) groups excluding carboxylic acids is 1. The number of piperazine rings is 1. The van der Waals surface area contributed by atoms with Crippen LogP contribution < -0.4 is 10.2 Å². The molecule has 1 fully saturated rings. The number of carbonyl (C=O) groups is 1. The van der Waals surface area contributed by atoms with Gasteiger partial charge in [0.05, 0.1) is 0 Å². The number of amides is 1. The molecule has 6 nitrogen and oxygen atoms in total. The molecular weight excluding hydrogens is 419 g/mol. The predicted octanol–water partition coefficient (Wildman–Crippen LogP) is 4.19. The Bertz CT molecular complexity index is 1230. The van der Waals surface area contributed by atoms with E-state index in [1.807, 2.05) is 30.3 Å². The molecule has 33 heavy (non-hydrogen) atoms. The molecule has 4 aromatic rings. The van der Waals surface area contributed by atoms with Crippen LogP contribution in [0.5, 0.6) is 0 Å². The molecule has 7 heteroatoms. The van der Waals surface area contributed by atoms with E-state index in [0.717, 1.165) is 55.0 Å². The van der Waals surface area contributed by atoms with Gasteiger partial charge in [-0.15, -0.1) is 0 Å². The van der Waals surface area contributed by atoms with E-state index in [2.05, 4.69) is 33.3 Å². The van der Waals surface area contributed by atoms with Crippen molar-refractivity contribution in [2.75, 3.05) is 44.2 Å². The van der Waals surface area contributed by atoms with E-state index in [-0.39, 0.29) is 11.7 Å². The van der Waals surface area contributed by atoms with E-state index < -0.39 is 0 Å². The summed E-state index contributed by atoms with van der Waals surface area (Å²) in [5.41, 5.74) is 4.32. The lowest BCUT2D eigenvalue weighted by atomic mass is 10.0. The summed E-state index contributed by atoms with van der Waals surface area (Å²) in [5, 5.41) is 2.90. The Morgan fingerprint density at radius 1 is 0.939 bits per heavy atom. The maximum atomic E-state index is 13.0. The summed E-state index contributed by atoms with van der Waals surface area (Å²) in [6, 6.07) is 22.5. The quantitative estimate of drug-likeness (QED) is 0.483. The Kier molecular flexibility index (Phi) is 6.04. The van der Waals surface area contributed by atoms with Crippen molar-refractivity contribution in [1.82, 2.24) is 15.2 Å². The number of aromatic nitrogens is 1. The van der Waals surface area contributed by atoms with Crippen molar-refractivity contribution in [2.45, 2.75) is 0 Å². The summed E-state index contributed by atoms with van der Waals surface area (Å²) in [5.74, 6) is -0.533. The van der Waals surface area contributed by atoms with Crippen molar-refractivity contribution in [2.24, 2.45) is 0 Å². The van der Waals surface area contributed by atoms with Gasteiger partial charge in [-0.1, -0.05) is 42.5 Å². The van der Waals surface area contributed by atoms with Crippen LogP contribution in [0.25, 0.3) is 22.2 Å². The van der Waals surface area contributed by atoms with Gasteiger partial charge in [-0.25, -0.2) is 4.39 Å². The smallest absolute Gasteiger partial charge is 0.298 e. The second-order valence-corrected chi connectivity index (χ2v) is 8.11. The van der Waals surface area contributed by atoms with E-state index in [0.29, 0.717) is 18.1 Å². The second kappa shape index (κ2) is 9.42. The fourth-order valence-corrected chi connectivity index (χ4v) is 4.12. The van der Waals surface area contributed by atoms with Crippen molar-refractivity contribution in [3.8, 4) is 11.1 Å². The summed E-state index contributed by atoms with van der Waals surface area (Å²) < 4.78 is 19.1. The lowest BCUT2D eigenvalue weighted by Gasteiger charge is -2.33. The number of para-hydroxylation sites is 1. The minimum atomic E-state index is -0.348. The van der Waals surface area contributed by atoms with Crippen LogP contribution in [-0.2, 0) is 0 Å². The molecule has 1 N–H and O–H groups in total. The fourth-order valence-electron chi connectivity index (χ4n) is 4.12. The Labute approximate surface area is 191 Å². The number of fused-ring (bicyclic) bond motifs is 1. The molecular formula is C26H25FN4O2. The highest BCUT2D eigenvalue weighted by atomic mass is 19.1. The molecule has 0 aliphatic carbocycles. The summed E-state index contributed by atoms with van der Waals surface area (Å²) in [6.45, 7) is 4.62. The zero-order chi connectivity index (χ0) is 22.6. The number of benzene rings is 3. The van der Waals surface area contributed by atoms with Crippen LogP contribution in [-0.4, -0.2) is 55.1 Å². The van der Waals surface area contributed by atoms with Gasteiger partial charge in [0.2, 0.25) is 0 Å². The molecule has 0 bridgehead atoms. The van der Waals surface area contributed by atoms with Crippen molar-refractivity contribution < 1.29 is 13.6 Å². The lowest BCUT2D eigenvalue weighted by molar-refractivity contribution is 0.0947. The Balaban J connectivity index is 1.17. The van der Waals surface area contributed by atoms with E-state index in [9.17, 15) is 9.18 Å². The third kappa shape index (κ3) is 4.73. The zero-order valence-corrected chi connectivity index (χ0v) is 18.2. The summed E-state index contributed by atoms with van der Waals surface area (Å²) in [4.78, 5) is 21.5. The maximum absolute atomic E-state index is 13.0. The molecule has 1 aliphatic heterocycles. The number of nitrogens with zero attached hydrogens (tertiary/aromatic N) is 3. The van der Waals surface area contributed by atoms with Gasteiger partial charge >= 0.3 is 0 Å². The monoisotopic (exact) mass is 444 g/mol. The molecule has 5 rings (SSSR count). The molecule has 0 saturated carbocycles. The number of halogens is 1. The lowest BCUT2D eigenvalue weighted by Crippen LogP contribution is -2.48. The molecule has 3 aromatic carbocycles. The molecule has 1 saturated heterocycles. The zero-order valence-electron chi connectivity index (χ0n) is 18.2. The first-order valence-electron chi connectivity index (χ1n) is 11.1. The molecule has 1 aromatic heterocycles. The Morgan fingerprint density at radius 3 is 2.45 bits per heavy atom. The van der Waals surface area contributed by atoms with Gasteiger partial charge in [0, 0.05) is 50.4 Å². The van der Waals surface area contributed by atoms with Gasteiger partial charge < -0.3 is 14.6 Å². The van der Waals surface area contributed by atoms with E-state index in [4.69, 9.17) is 9.40 Å². The second-order valence-electron chi connectivity index (χ2n) is 8.11. The molecule has 2 heterocycles. The number of nitrogens with one attached hydrogen (secondary N) is 1. The van der Waals surface area contributed by atoms with E-state index in [1.54, 1.807) is 0 Å². The molecule has 0 unspecified atom stereocenters. The molecule has 0 spiro atoms. The van der Waals surface area contributed by atoms with E-state index >= 15 is 0 Å². The number of rotatable bonds is 6. The average molecular weight is 445 g/mol. The van der Waals surface area contributed by atoms with Crippen molar-refractivity contribution >= 4 is 23.0 Å². The number of oxazole rings is 1.